The Bertz CT molecular complexity index is 413. The number of sulfone groups is 1. The fourth-order valence-electron chi connectivity index (χ4n) is 1.05. The summed E-state index contributed by atoms with van der Waals surface area (Å²) < 4.78 is 46.4. The highest BCUT2D eigenvalue weighted by Gasteiger charge is 2.26. The topological polar surface area (TPSA) is 34.1 Å². The van der Waals surface area contributed by atoms with E-state index in [9.17, 15) is 17.2 Å². The van der Waals surface area contributed by atoms with Gasteiger partial charge in [0.2, 0.25) is 9.84 Å². The molecule has 0 aliphatic heterocycles. The van der Waals surface area contributed by atoms with Crippen LogP contribution in [-0.4, -0.2) is 14.2 Å². The van der Waals surface area contributed by atoms with E-state index in [0.29, 0.717) is 6.42 Å². The third-order valence-electron chi connectivity index (χ3n) is 1.87. The summed E-state index contributed by atoms with van der Waals surface area (Å²) in [6.07, 6.45) is 0.618. The molecule has 0 saturated carbocycles. The highest BCUT2D eigenvalue weighted by Crippen LogP contribution is 2.19. The van der Waals surface area contributed by atoms with E-state index in [1.807, 2.05) is 6.92 Å². The van der Waals surface area contributed by atoms with Crippen molar-refractivity contribution in [2.45, 2.75) is 24.0 Å². The van der Waals surface area contributed by atoms with Crippen LogP contribution in [0.4, 0.5) is 8.78 Å². The molecule has 0 saturated heterocycles. The lowest BCUT2D eigenvalue weighted by molar-refractivity contribution is 0.234. The van der Waals surface area contributed by atoms with Crippen molar-refractivity contribution >= 4 is 9.84 Å². The van der Waals surface area contributed by atoms with Gasteiger partial charge in [-0.15, -0.1) is 0 Å². The summed E-state index contributed by atoms with van der Waals surface area (Å²) in [6, 6.07) is 5.63. The van der Waals surface area contributed by atoms with Crippen molar-refractivity contribution in [1.29, 1.82) is 0 Å². The van der Waals surface area contributed by atoms with Crippen molar-refractivity contribution in [2.24, 2.45) is 0 Å². The van der Waals surface area contributed by atoms with E-state index >= 15 is 0 Å². The van der Waals surface area contributed by atoms with E-state index in [-0.39, 0.29) is 4.90 Å². The Kier molecular flexibility index (Phi) is 3.21. The van der Waals surface area contributed by atoms with Crippen LogP contribution in [0.2, 0.25) is 0 Å². The van der Waals surface area contributed by atoms with Crippen molar-refractivity contribution in [2.75, 3.05) is 0 Å². The van der Waals surface area contributed by atoms with E-state index in [1.165, 1.54) is 18.2 Å². The molecule has 1 aromatic carbocycles. The second-order valence-corrected chi connectivity index (χ2v) is 4.72. The van der Waals surface area contributed by atoms with Gasteiger partial charge in [0.1, 0.15) is 0 Å². The van der Waals surface area contributed by atoms with Crippen LogP contribution in [0.3, 0.4) is 0 Å². The molecule has 0 bridgehead atoms. The Labute approximate surface area is 81.5 Å². The minimum Gasteiger partial charge on any atom is -0.218 e. The zero-order valence-corrected chi connectivity index (χ0v) is 8.39. The number of halogens is 2. The number of rotatable bonds is 3. The molecular formula is C9H10F2O2S. The molecule has 1 rings (SSSR count). The lowest BCUT2D eigenvalue weighted by atomic mass is 10.2. The molecule has 78 valence electrons. The second-order valence-electron chi connectivity index (χ2n) is 2.81. The first-order chi connectivity index (χ1) is 6.48. The Morgan fingerprint density at radius 2 is 2.00 bits per heavy atom. The van der Waals surface area contributed by atoms with Crippen LogP contribution < -0.4 is 0 Å². The van der Waals surface area contributed by atoms with Gasteiger partial charge in [-0.25, -0.2) is 8.42 Å². The molecule has 1 aromatic rings. The van der Waals surface area contributed by atoms with Gasteiger partial charge in [0.05, 0.1) is 4.90 Å². The number of alkyl halides is 2. The summed E-state index contributed by atoms with van der Waals surface area (Å²) in [4.78, 5) is -0.313. The van der Waals surface area contributed by atoms with Gasteiger partial charge in [-0.05, 0) is 24.1 Å². The number of aryl methyl sites for hydroxylation is 1. The predicted octanol–water partition coefficient (Wildman–Crippen LogP) is 2.25. The molecule has 0 spiro atoms. The average Bonchev–Trinajstić information content (AvgIpc) is 2.17. The molecule has 2 nitrogen and oxygen atoms in total. The van der Waals surface area contributed by atoms with Gasteiger partial charge >= 0.3 is 5.76 Å². The van der Waals surface area contributed by atoms with Crippen molar-refractivity contribution < 1.29 is 17.2 Å². The molecule has 0 amide bonds. The number of hydrogen-bond acceptors (Lipinski definition) is 2. The molecule has 0 aliphatic carbocycles. The Morgan fingerprint density at radius 1 is 1.36 bits per heavy atom. The average molecular weight is 220 g/mol. The van der Waals surface area contributed by atoms with Crippen molar-refractivity contribution in [3.8, 4) is 0 Å². The molecular weight excluding hydrogens is 210 g/mol. The first kappa shape index (κ1) is 11.1. The summed E-state index contributed by atoms with van der Waals surface area (Å²) in [5.74, 6) is -3.35. The largest absolute Gasteiger partial charge is 0.341 e. The van der Waals surface area contributed by atoms with Gasteiger partial charge in [-0.3, -0.25) is 0 Å². The van der Waals surface area contributed by atoms with Crippen molar-refractivity contribution in [3.05, 3.63) is 29.8 Å². The highest BCUT2D eigenvalue weighted by atomic mass is 32.2. The SMILES string of the molecule is CCc1cccc(S(=O)(=O)C(F)F)c1. The second kappa shape index (κ2) is 4.04. The van der Waals surface area contributed by atoms with Crippen LogP contribution in [-0.2, 0) is 16.3 Å². The Morgan fingerprint density at radius 3 is 2.50 bits per heavy atom. The Balaban J connectivity index is 3.20. The van der Waals surface area contributed by atoms with Crippen LogP contribution >= 0.6 is 0 Å². The predicted molar refractivity (Wildman–Crippen MR) is 49.0 cm³/mol. The molecule has 0 fully saturated rings. The molecule has 14 heavy (non-hydrogen) atoms. The lowest BCUT2D eigenvalue weighted by Crippen LogP contribution is -2.11. The standard InChI is InChI=1S/C9H10F2O2S/c1-2-7-4-3-5-8(6-7)14(12,13)9(10)11/h3-6,9H,2H2,1H3. The maximum Gasteiger partial charge on any atom is 0.341 e. The number of hydrogen-bond donors (Lipinski definition) is 0. The minimum absolute atomic E-state index is 0.313. The normalized spacial score (nSPS) is 12.0. The van der Waals surface area contributed by atoms with Crippen molar-refractivity contribution in [1.82, 2.24) is 0 Å². The van der Waals surface area contributed by atoms with Gasteiger partial charge < -0.3 is 0 Å². The lowest BCUT2D eigenvalue weighted by Gasteiger charge is -2.04. The van der Waals surface area contributed by atoms with Gasteiger partial charge in [-0.1, -0.05) is 19.1 Å². The summed E-state index contributed by atoms with van der Waals surface area (Å²) in [6.45, 7) is 1.83. The van der Waals surface area contributed by atoms with Crippen LogP contribution in [0.25, 0.3) is 0 Å². The molecule has 0 unspecified atom stereocenters. The van der Waals surface area contributed by atoms with Gasteiger partial charge in [0, 0.05) is 0 Å². The number of benzene rings is 1. The third kappa shape index (κ3) is 2.09. The maximum absolute atomic E-state index is 12.1. The summed E-state index contributed by atoms with van der Waals surface area (Å²) >= 11 is 0. The van der Waals surface area contributed by atoms with E-state index < -0.39 is 15.6 Å². The smallest absolute Gasteiger partial charge is 0.218 e. The molecule has 0 radical (unpaired) electrons. The molecule has 5 heteroatoms. The quantitative estimate of drug-likeness (QED) is 0.782. The van der Waals surface area contributed by atoms with Crippen LogP contribution in [0, 0.1) is 0 Å². The van der Waals surface area contributed by atoms with Crippen LogP contribution in [0.1, 0.15) is 12.5 Å². The monoisotopic (exact) mass is 220 g/mol. The molecule has 0 aromatic heterocycles. The molecule has 0 N–H and O–H groups in total. The van der Waals surface area contributed by atoms with E-state index in [2.05, 4.69) is 0 Å². The zero-order valence-electron chi connectivity index (χ0n) is 7.57. The Hall–Kier alpha value is -0.970. The molecule has 0 heterocycles. The van der Waals surface area contributed by atoms with Gasteiger partial charge in [0.25, 0.3) is 0 Å². The minimum atomic E-state index is -4.44. The van der Waals surface area contributed by atoms with E-state index in [0.717, 1.165) is 5.56 Å². The molecule has 0 aliphatic rings. The van der Waals surface area contributed by atoms with Crippen molar-refractivity contribution in [3.63, 3.8) is 0 Å². The first-order valence-electron chi connectivity index (χ1n) is 4.09. The summed E-state index contributed by atoms with van der Waals surface area (Å²) in [5.41, 5.74) is 0.728. The van der Waals surface area contributed by atoms with Gasteiger partial charge in [0.15, 0.2) is 0 Å². The summed E-state index contributed by atoms with van der Waals surface area (Å²) in [7, 11) is -4.44. The highest BCUT2D eigenvalue weighted by molar-refractivity contribution is 7.91. The fourth-order valence-corrected chi connectivity index (χ4v) is 1.83. The third-order valence-corrected chi connectivity index (χ3v) is 3.25. The zero-order chi connectivity index (χ0) is 10.8. The van der Waals surface area contributed by atoms with E-state index in [4.69, 9.17) is 0 Å². The maximum atomic E-state index is 12.1. The van der Waals surface area contributed by atoms with Crippen LogP contribution in [0.15, 0.2) is 29.2 Å². The fraction of sp³-hybridized carbons (Fsp3) is 0.333. The summed E-state index contributed by atoms with van der Waals surface area (Å²) in [5, 5.41) is 0. The van der Waals surface area contributed by atoms with Gasteiger partial charge in [-0.2, -0.15) is 8.78 Å². The first-order valence-corrected chi connectivity index (χ1v) is 5.64. The molecule has 0 atom stereocenters. The van der Waals surface area contributed by atoms with E-state index in [1.54, 1.807) is 6.07 Å². The van der Waals surface area contributed by atoms with Crippen LogP contribution in [0.5, 0.6) is 0 Å².